The molecule has 0 heterocycles. The number of aryl methyl sites for hydroxylation is 2. The summed E-state index contributed by atoms with van der Waals surface area (Å²) in [5, 5.41) is 3.54. The van der Waals surface area contributed by atoms with Crippen molar-refractivity contribution in [3.63, 3.8) is 0 Å². The second-order valence-electron chi connectivity index (χ2n) is 10.2. The number of carbonyl (C=O) groups is 2. The number of sulfonamides is 1. The summed E-state index contributed by atoms with van der Waals surface area (Å²) in [6, 6.07) is 17.4. The van der Waals surface area contributed by atoms with Gasteiger partial charge in [0, 0.05) is 13.1 Å². The monoisotopic (exact) mass is 603 g/mol. The summed E-state index contributed by atoms with van der Waals surface area (Å²) >= 11 is 12.3. The Balaban J connectivity index is 2.02. The van der Waals surface area contributed by atoms with E-state index in [0.717, 1.165) is 15.4 Å². The highest BCUT2D eigenvalue weighted by atomic mass is 35.5. The van der Waals surface area contributed by atoms with Gasteiger partial charge in [0.25, 0.3) is 10.0 Å². The molecule has 0 radical (unpaired) electrons. The minimum atomic E-state index is -4.12. The van der Waals surface area contributed by atoms with Crippen LogP contribution in [0.1, 0.15) is 37.5 Å². The van der Waals surface area contributed by atoms with Crippen molar-refractivity contribution in [2.45, 2.75) is 52.1 Å². The Labute approximate surface area is 247 Å². The molecule has 0 unspecified atom stereocenters. The number of nitrogens with one attached hydrogen (secondary N) is 1. The van der Waals surface area contributed by atoms with E-state index in [0.29, 0.717) is 27.8 Å². The maximum atomic E-state index is 13.9. The molecule has 40 heavy (non-hydrogen) atoms. The predicted octanol–water partition coefficient (Wildman–Crippen LogP) is 6.00. The van der Waals surface area contributed by atoms with E-state index in [4.69, 9.17) is 23.2 Å². The van der Waals surface area contributed by atoms with E-state index in [2.05, 4.69) is 5.32 Å². The summed E-state index contributed by atoms with van der Waals surface area (Å²) < 4.78 is 28.8. The Morgan fingerprint density at radius 2 is 1.43 bits per heavy atom. The second-order valence-corrected chi connectivity index (χ2v) is 12.9. The molecule has 0 bridgehead atoms. The molecule has 0 aliphatic carbocycles. The normalized spacial score (nSPS) is 12.2. The van der Waals surface area contributed by atoms with Crippen LogP contribution in [0.15, 0.2) is 71.6 Å². The first-order valence-corrected chi connectivity index (χ1v) is 15.2. The minimum Gasteiger partial charge on any atom is -0.354 e. The van der Waals surface area contributed by atoms with Gasteiger partial charge in [-0.05, 0) is 68.7 Å². The number of halogens is 2. The fourth-order valence-electron chi connectivity index (χ4n) is 3.95. The molecule has 3 rings (SSSR count). The molecule has 0 fully saturated rings. The third kappa shape index (κ3) is 7.99. The number of benzene rings is 3. The fourth-order valence-corrected chi connectivity index (χ4v) is 5.68. The highest BCUT2D eigenvalue weighted by Gasteiger charge is 2.32. The largest absolute Gasteiger partial charge is 0.354 e. The van der Waals surface area contributed by atoms with E-state index < -0.39 is 28.5 Å². The molecule has 0 aliphatic rings. The smallest absolute Gasteiger partial charge is 0.264 e. The molecular weight excluding hydrogens is 569 g/mol. The van der Waals surface area contributed by atoms with Gasteiger partial charge in [-0.15, -0.1) is 0 Å². The lowest BCUT2D eigenvalue weighted by Gasteiger charge is -2.32. The van der Waals surface area contributed by atoms with Crippen LogP contribution in [0.4, 0.5) is 5.69 Å². The molecule has 0 saturated heterocycles. The summed E-state index contributed by atoms with van der Waals surface area (Å²) in [7, 11) is -4.12. The van der Waals surface area contributed by atoms with Crippen LogP contribution < -0.4 is 9.62 Å². The van der Waals surface area contributed by atoms with Gasteiger partial charge in [0.2, 0.25) is 11.8 Å². The van der Waals surface area contributed by atoms with Crippen molar-refractivity contribution in [2.75, 3.05) is 17.4 Å². The topological polar surface area (TPSA) is 86.8 Å². The molecule has 214 valence electrons. The Bertz CT molecular complexity index is 1440. The highest BCUT2D eigenvalue weighted by molar-refractivity contribution is 7.92. The fraction of sp³-hybridized carbons (Fsp3) is 0.333. The Morgan fingerprint density at radius 3 is 1.98 bits per heavy atom. The molecule has 1 N–H and O–H groups in total. The van der Waals surface area contributed by atoms with Gasteiger partial charge in [0.05, 0.1) is 20.6 Å². The van der Waals surface area contributed by atoms with Gasteiger partial charge in [-0.3, -0.25) is 13.9 Å². The van der Waals surface area contributed by atoms with E-state index in [1.807, 2.05) is 27.7 Å². The SMILES string of the molecule is Cc1ccc(N(CC(=O)N(Cc2ccc(Cl)c(Cl)c2)[C@@H](C)C(=O)NCC(C)C)S(=O)(=O)c2ccc(C)cc2)cc1. The third-order valence-corrected chi connectivity index (χ3v) is 8.93. The first kappa shape index (κ1) is 31.5. The maximum Gasteiger partial charge on any atom is 0.264 e. The molecule has 0 aromatic heterocycles. The number of rotatable bonds is 11. The summed E-state index contributed by atoms with van der Waals surface area (Å²) in [5.74, 6) is -0.674. The van der Waals surface area contributed by atoms with Gasteiger partial charge in [-0.2, -0.15) is 0 Å². The van der Waals surface area contributed by atoms with Crippen molar-refractivity contribution in [1.29, 1.82) is 0 Å². The summed E-state index contributed by atoms with van der Waals surface area (Å²) in [5.41, 5.74) is 2.84. The zero-order chi connectivity index (χ0) is 29.6. The van der Waals surface area contributed by atoms with E-state index in [-0.39, 0.29) is 23.3 Å². The van der Waals surface area contributed by atoms with Crippen molar-refractivity contribution >= 4 is 50.7 Å². The van der Waals surface area contributed by atoms with Gasteiger partial charge in [-0.25, -0.2) is 8.42 Å². The Kier molecular flexibility index (Phi) is 10.6. The number of carbonyl (C=O) groups excluding carboxylic acids is 2. The molecule has 1 atom stereocenters. The van der Waals surface area contributed by atoms with Crippen LogP contribution in [0, 0.1) is 19.8 Å². The summed E-state index contributed by atoms with van der Waals surface area (Å²) in [4.78, 5) is 28.4. The molecule has 0 aliphatic heterocycles. The van der Waals surface area contributed by atoms with Crippen LogP contribution in [-0.2, 0) is 26.2 Å². The van der Waals surface area contributed by atoms with Gasteiger partial charge < -0.3 is 10.2 Å². The number of anilines is 1. The zero-order valence-corrected chi connectivity index (χ0v) is 25.6. The summed E-state index contributed by atoms with van der Waals surface area (Å²) in [6.45, 7) is 9.28. The van der Waals surface area contributed by atoms with Gasteiger partial charge in [-0.1, -0.05) is 78.5 Å². The molecule has 7 nitrogen and oxygen atoms in total. The van der Waals surface area contributed by atoms with Crippen molar-refractivity contribution in [3.05, 3.63) is 93.5 Å². The van der Waals surface area contributed by atoms with Crippen LogP contribution in [0.25, 0.3) is 0 Å². The van der Waals surface area contributed by atoms with Crippen molar-refractivity contribution in [2.24, 2.45) is 5.92 Å². The summed E-state index contributed by atoms with van der Waals surface area (Å²) in [6.07, 6.45) is 0. The lowest BCUT2D eigenvalue weighted by molar-refractivity contribution is -0.139. The molecule has 0 spiro atoms. The van der Waals surface area contributed by atoms with Crippen LogP contribution >= 0.6 is 23.2 Å². The van der Waals surface area contributed by atoms with Gasteiger partial charge in [0.15, 0.2) is 0 Å². The zero-order valence-electron chi connectivity index (χ0n) is 23.3. The Hall–Kier alpha value is -3.07. The average Bonchev–Trinajstić information content (AvgIpc) is 2.91. The van der Waals surface area contributed by atoms with E-state index in [9.17, 15) is 18.0 Å². The third-order valence-electron chi connectivity index (χ3n) is 6.40. The number of hydrogen-bond donors (Lipinski definition) is 1. The van der Waals surface area contributed by atoms with Crippen molar-refractivity contribution in [1.82, 2.24) is 10.2 Å². The molecule has 3 aromatic carbocycles. The van der Waals surface area contributed by atoms with Crippen LogP contribution in [0.2, 0.25) is 10.0 Å². The molecule has 2 amide bonds. The van der Waals surface area contributed by atoms with Crippen LogP contribution in [0.5, 0.6) is 0 Å². The number of amides is 2. The van der Waals surface area contributed by atoms with E-state index >= 15 is 0 Å². The molecule has 3 aromatic rings. The first-order chi connectivity index (χ1) is 18.8. The van der Waals surface area contributed by atoms with Gasteiger partial charge in [0.1, 0.15) is 12.6 Å². The van der Waals surface area contributed by atoms with Gasteiger partial charge >= 0.3 is 0 Å². The number of nitrogens with zero attached hydrogens (tertiary/aromatic N) is 2. The van der Waals surface area contributed by atoms with E-state index in [1.165, 1.54) is 17.0 Å². The molecule has 10 heteroatoms. The van der Waals surface area contributed by atoms with Crippen LogP contribution in [0.3, 0.4) is 0 Å². The standard InChI is InChI=1S/C30H35Cl2N3O4S/c1-20(2)17-33-30(37)23(5)34(18-24-10-15-27(31)28(32)16-24)29(36)19-35(25-11-6-21(3)7-12-25)40(38,39)26-13-8-22(4)9-14-26/h6-16,20,23H,17-19H2,1-5H3,(H,33,37)/t23-/m0/s1. The van der Waals surface area contributed by atoms with Crippen molar-refractivity contribution in [3.8, 4) is 0 Å². The Morgan fingerprint density at radius 1 is 0.850 bits per heavy atom. The molecular formula is C30H35Cl2N3O4S. The van der Waals surface area contributed by atoms with E-state index in [1.54, 1.807) is 61.5 Å². The lowest BCUT2D eigenvalue weighted by atomic mass is 10.1. The number of hydrogen-bond acceptors (Lipinski definition) is 4. The highest BCUT2D eigenvalue weighted by Crippen LogP contribution is 2.27. The second kappa shape index (κ2) is 13.5. The van der Waals surface area contributed by atoms with Crippen LogP contribution in [-0.4, -0.2) is 44.3 Å². The predicted molar refractivity (Wildman–Crippen MR) is 161 cm³/mol. The van der Waals surface area contributed by atoms with Crippen molar-refractivity contribution < 1.29 is 18.0 Å². The average molecular weight is 605 g/mol. The lowest BCUT2D eigenvalue weighted by Crippen LogP contribution is -2.51. The molecule has 0 saturated carbocycles. The first-order valence-electron chi connectivity index (χ1n) is 13.0. The minimum absolute atomic E-state index is 0.0261. The quantitative estimate of drug-likeness (QED) is 0.291. The maximum absolute atomic E-state index is 13.9.